The molecule has 24 heavy (non-hydrogen) atoms. The Hall–Kier alpha value is -1.46. The maximum Gasteiger partial charge on any atom is 0.233 e. The van der Waals surface area contributed by atoms with Crippen LogP contribution in [0.15, 0.2) is 22.7 Å². The van der Waals surface area contributed by atoms with Gasteiger partial charge in [-0.05, 0) is 28.3 Å². The van der Waals surface area contributed by atoms with Gasteiger partial charge < -0.3 is 4.90 Å². The molecule has 2 aromatic heterocycles. The molecule has 0 spiro atoms. The van der Waals surface area contributed by atoms with Crippen molar-refractivity contribution in [2.75, 3.05) is 24.3 Å². The quantitative estimate of drug-likeness (QED) is 0.667. The number of amides is 1. The van der Waals surface area contributed by atoms with Crippen molar-refractivity contribution >= 4 is 38.8 Å². The Labute approximate surface area is 148 Å². The average molecular weight is 388 g/mol. The van der Waals surface area contributed by atoms with Gasteiger partial charge in [0.15, 0.2) is 9.84 Å². The van der Waals surface area contributed by atoms with Crippen LogP contribution in [0, 0.1) is 0 Å². The number of sulfone groups is 1. The summed E-state index contributed by atoms with van der Waals surface area (Å²) in [6, 6.07) is 3.73. The molecule has 2 aromatic rings. The first-order valence-corrected chi connectivity index (χ1v) is 11.0. The SMILES string of the molecule is CN(C(=O)CSc1nnnn1Cc1cccs1)[C@@H]1CCS(=O)(=O)C1. The molecule has 0 N–H and O–H groups in total. The molecule has 1 saturated heterocycles. The van der Waals surface area contributed by atoms with E-state index in [1.54, 1.807) is 23.1 Å². The molecule has 8 nitrogen and oxygen atoms in total. The topological polar surface area (TPSA) is 98.1 Å². The van der Waals surface area contributed by atoms with Crippen molar-refractivity contribution in [2.45, 2.75) is 24.2 Å². The minimum atomic E-state index is -3.00. The number of rotatable bonds is 6. The summed E-state index contributed by atoms with van der Waals surface area (Å²) in [6.45, 7) is 0.567. The largest absolute Gasteiger partial charge is 0.341 e. The lowest BCUT2D eigenvalue weighted by molar-refractivity contribution is -0.128. The van der Waals surface area contributed by atoms with Crippen LogP contribution < -0.4 is 0 Å². The zero-order valence-electron chi connectivity index (χ0n) is 13.0. The summed E-state index contributed by atoms with van der Waals surface area (Å²) in [4.78, 5) is 15.0. The van der Waals surface area contributed by atoms with Gasteiger partial charge >= 0.3 is 0 Å². The molecule has 1 fully saturated rings. The van der Waals surface area contributed by atoms with Crippen LogP contribution in [0.1, 0.15) is 11.3 Å². The molecule has 0 bridgehead atoms. The summed E-state index contributed by atoms with van der Waals surface area (Å²) in [7, 11) is -1.35. The standard InChI is InChI=1S/C13H17N5O3S3/c1-17(10-4-6-24(20,21)9-10)12(19)8-23-13-14-15-16-18(13)7-11-3-2-5-22-11/h2-3,5,10H,4,6-9H2,1H3/t10-/m1/s1. The Morgan fingerprint density at radius 3 is 3.04 bits per heavy atom. The summed E-state index contributed by atoms with van der Waals surface area (Å²) < 4.78 is 24.7. The van der Waals surface area contributed by atoms with Crippen LogP contribution in [0.4, 0.5) is 0 Å². The second kappa shape index (κ2) is 7.19. The highest BCUT2D eigenvalue weighted by molar-refractivity contribution is 7.99. The van der Waals surface area contributed by atoms with E-state index in [9.17, 15) is 13.2 Å². The highest BCUT2D eigenvalue weighted by atomic mass is 32.2. The van der Waals surface area contributed by atoms with Gasteiger partial charge in [0.1, 0.15) is 0 Å². The van der Waals surface area contributed by atoms with Gasteiger partial charge in [0.2, 0.25) is 11.1 Å². The third-order valence-corrected chi connectivity index (χ3v) is 7.41. The predicted octanol–water partition coefficient (Wildman–Crippen LogP) is 0.520. The minimum absolute atomic E-state index is 0.0516. The molecule has 0 radical (unpaired) electrons. The Kier molecular flexibility index (Phi) is 5.21. The lowest BCUT2D eigenvalue weighted by Crippen LogP contribution is -2.38. The predicted molar refractivity (Wildman–Crippen MR) is 91.8 cm³/mol. The third-order valence-electron chi connectivity index (χ3n) is 3.86. The Morgan fingerprint density at radius 2 is 2.38 bits per heavy atom. The zero-order valence-corrected chi connectivity index (χ0v) is 15.5. The normalized spacial score (nSPS) is 19.5. The number of tetrazole rings is 1. The van der Waals surface area contributed by atoms with Crippen molar-refractivity contribution < 1.29 is 13.2 Å². The summed E-state index contributed by atoms with van der Waals surface area (Å²) in [5.41, 5.74) is 0. The van der Waals surface area contributed by atoms with E-state index >= 15 is 0 Å². The van der Waals surface area contributed by atoms with Crippen LogP contribution in [0.5, 0.6) is 0 Å². The summed E-state index contributed by atoms with van der Waals surface area (Å²) >= 11 is 2.88. The molecule has 1 amide bonds. The first-order valence-electron chi connectivity index (χ1n) is 7.32. The third kappa shape index (κ3) is 4.14. The summed E-state index contributed by atoms with van der Waals surface area (Å²) in [6.07, 6.45) is 0.505. The number of thiophene rings is 1. The second-order valence-electron chi connectivity index (χ2n) is 5.55. The fourth-order valence-corrected chi connectivity index (χ4v) is 5.72. The van der Waals surface area contributed by atoms with Crippen LogP contribution >= 0.6 is 23.1 Å². The van der Waals surface area contributed by atoms with Crippen molar-refractivity contribution in [1.82, 2.24) is 25.1 Å². The highest BCUT2D eigenvalue weighted by Gasteiger charge is 2.32. The van der Waals surface area contributed by atoms with E-state index in [0.717, 1.165) is 4.88 Å². The summed E-state index contributed by atoms with van der Waals surface area (Å²) in [5.74, 6) is 0.266. The van der Waals surface area contributed by atoms with E-state index in [4.69, 9.17) is 0 Å². The van der Waals surface area contributed by atoms with E-state index in [0.29, 0.717) is 18.1 Å². The minimum Gasteiger partial charge on any atom is -0.341 e. The number of thioether (sulfide) groups is 1. The van der Waals surface area contributed by atoms with Gasteiger partial charge in [0.05, 0.1) is 23.8 Å². The number of hydrogen-bond acceptors (Lipinski definition) is 8. The fraction of sp³-hybridized carbons (Fsp3) is 0.538. The van der Waals surface area contributed by atoms with Crippen molar-refractivity contribution in [3.05, 3.63) is 22.4 Å². The van der Waals surface area contributed by atoms with Crippen LogP contribution in [0.25, 0.3) is 0 Å². The molecule has 3 rings (SSSR count). The molecule has 11 heteroatoms. The van der Waals surface area contributed by atoms with E-state index in [1.165, 1.54) is 16.7 Å². The smallest absolute Gasteiger partial charge is 0.233 e. The molecular weight excluding hydrogens is 370 g/mol. The lowest BCUT2D eigenvalue weighted by atomic mass is 10.2. The Balaban J connectivity index is 1.56. The van der Waals surface area contributed by atoms with Crippen molar-refractivity contribution in [3.63, 3.8) is 0 Å². The molecule has 0 saturated carbocycles. The molecule has 0 unspecified atom stereocenters. The van der Waals surface area contributed by atoms with E-state index < -0.39 is 9.84 Å². The van der Waals surface area contributed by atoms with Crippen LogP contribution in [0.2, 0.25) is 0 Å². The van der Waals surface area contributed by atoms with Crippen LogP contribution in [-0.2, 0) is 21.2 Å². The van der Waals surface area contributed by atoms with Gasteiger partial charge in [0, 0.05) is 18.0 Å². The molecule has 3 heterocycles. The van der Waals surface area contributed by atoms with Crippen molar-refractivity contribution in [1.29, 1.82) is 0 Å². The average Bonchev–Trinajstić information content (AvgIpc) is 3.26. The number of aromatic nitrogens is 4. The van der Waals surface area contributed by atoms with Gasteiger partial charge in [-0.15, -0.1) is 16.4 Å². The zero-order chi connectivity index (χ0) is 17.2. The van der Waals surface area contributed by atoms with Crippen LogP contribution in [-0.4, -0.2) is 69.8 Å². The molecule has 1 aliphatic rings. The Bertz CT molecular complexity index is 803. The molecule has 1 atom stereocenters. The van der Waals surface area contributed by atoms with Crippen molar-refractivity contribution in [2.24, 2.45) is 0 Å². The monoisotopic (exact) mass is 387 g/mol. The van der Waals surface area contributed by atoms with Gasteiger partial charge in [-0.25, -0.2) is 13.1 Å². The lowest BCUT2D eigenvalue weighted by Gasteiger charge is -2.23. The van der Waals surface area contributed by atoms with Gasteiger partial charge in [-0.1, -0.05) is 17.8 Å². The first kappa shape index (κ1) is 17.4. The molecule has 0 aliphatic carbocycles. The second-order valence-corrected chi connectivity index (χ2v) is 9.75. The van der Waals surface area contributed by atoms with E-state index in [-0.39, 0.29) is 29.2 Å². The van der Waals surface area contributed by atoms with E-state index in [2.05, 4.69) is 15.5 Å². The number of carbonyl (C=O) groups is 1. The van der Waals surface area contributed by atoms with Crippen LogP contribution in [0.3, 0.4) is 0 Å². The number of nitrogens with zero attached hydrogens (tertiary/aromatic N) is 5. The first-order chi connectivity index (χ1) is 11.4. The fourth-order valence-electron chi connectivity index (χ4n) is 2.46. The number of carbonyl (C=O) groups excluding carboxylic acids is 1. The molecule has 0 aromatic carbocycles. The van der Waals surface area contributed by atoms with Gasteiger partial charge in [-0.2, -0.15) is 0 Å². The van der Waals surface area contributed by atoms with Crippen molar-refractivity contribution in [3.8, 4) is 0 Å². The number of hydrogen-bond donors (Lipinski definition) is 0. The maximum absolute atomic E-state index is 12.3. The molecule has 1 aliphatic heterocycles. The molecular formula is C13H17N5O3S3. The van der Waals surface area contributed by atoms with Gasteiger partial charge in [0.25, 0.3) is 0 Å². The highest BCUT2D eigenvalue weighted by Crippen LogP contribution is 2.20. The Morgan fingerprint density at radius 1 is 1.54 bits per heavy atom. The van der Waals surface area contributed by atoms with Gasteiger partial charge in [-0.3, -0.25) is 4.79 Å². The van der Waals surface area contributed by atoms with E-state index in [1.807, 2.05) is 17.5 Å². The molecule has 130 valence electrons. The maximum atomic E-state index is 12.3. The summed E-state index contributed by atoms with van der Waals surface area (Å²) in [5, 5.41) is 14.1.